The molecule has 0 atom stereocenters. The molecule has 1 saturated heterocycles. The highest BCUT2D eigenvalue weighted by Crippen LogP contribution is 2.36. The lowest BCUT2D eigenvalue weighted by Crippen LogP contribution is -2.42. The highest BCUT2D eigenvalue weighted by Gasteiger charge is 2.26. The number of aryl methyl sites for hydroxylation is 1. The van der Waals surface area contributed by atoms with Crippen LogP contribution in [0.3, 0.4) is 0 Å². The predicted octanol–water partition coefficient (Wildman–Crippen LogP) is 4.09. The maximum Gasteiger partial charge on any atom is 0.301 e. The monoisotopic (exact) mass is 492 g/mol. The van der Waals surface area contributed by atoms with Crippen molar-refractivity contribution in [2.45, 2.75) is 13.3 Å². The highest BCUT2D eigenvalue weighted by molar-refractivity contribution is 8.15. The second-order valence-corrected chi connectivity index (χ2v) is 9.20. The minimum Gasteiger partial charge on any atom is -0.493 e. The smallest absolute Gasteiger partial charge is 0.301 e. The molecule has 2 aromatic heterocycles. The van der Waals surface area contributed by atoms with E-state index in [1.807, 2.05) is 25.1 Å². The van der Waals surface area contributed by atoms with Gasteiger partial charge in [-0.15, -0.1) is 0 Å². The van der Waals surface area contributed by atoms with Gasteiger partial charge in [0, 0.05) is 41.5 Å². The molecule has 0 spiro atoms. The van der Waals surface area contributed by atoms with Crippen LogP contribution in [0.2, 0.25) is 0 Å². The van der Waals surface area contributed by atoms with Crippen molar-refractivity contribution >= 4 is 44.6 Å². The average molecular weight is 493 g/mol. The quantitative estimate of drug-likeness (QED) is 0.290. The maximum absolute atomic E-state index is 11.9. The van der Waals surface area contributed by atoms with E-state index in [2.05, 4.69) is 21.0 Å². The second-order valence-electron chi connectivity index (χ2n) is 8.13. The number of H-pyrrole nitrogens is 1. The molecular formula is C25H24N4O5S. The van der Waals surface area contributed by atoms with Gasteiger partial charge in [0.25, 0.3) is 5.12 Å². The van der Waals surface area contributed by atoms with Crippen molar-refractivity contribution < 1.29 is 23.8 Å². The van der Waals surface area contributed by atoms with Gasteiger partial charge in [0.1, 0.15) is 12.1 Å². The Kier molecular flexibility index (Phi) is 6.45. The van der Waals surface area contributed by atoms with Crippen molar-refractivity contribution in [1.29, 1.82) is 0 Å². The van der Waals surface area contributed by atoms with Crippen LogP contribution in [0.15, 0.2) is 42.7 Å². The summed E-state index contributed by atoms with van der Waals surface area (Å²) in [6.07, 6.45) is 2.04. The number of benzene rings is 2. The summed E-state index contributed by atoms with van der Waals surface area (Å²) in [5.41, 5.74) is 2.77. The first kappa shape index (κ1) is 23.0. The number of nitrogens with zero attached hydrogens (tertiary/aromatic N) is 3. The number of amides is 1. The van der Waals surface area contributed by atoms with Crippen LogP contribution in [0.4, 0.5) is 0 Å². The second kappa shape index (κ2) is 9.83. The SMILES string of the molecule is COc1cc2c(Oc3ccc4[nH]c(C)cc4c3)ncnc2cc1OCCCN1CCSC(=O)C1=O. The van der Waals surface area contributed by atoms with Crippen LogP contribution in [0.25, 0.3) is 21.8 Å². The van der Waals surface area contributed by atoms with Gasteiger partial charge in [-0.25, -0.2) is 9.97 Å². The molecule has 5 rings (SSSR count). The summed E-state index contributed by atoms with van der Waals surface area (Å²) in [6, 6.07) is 11.5. The van der Waals surface area contributed by atoms with E-state index in [-0.39, 0.29) is 0 Å². The molecule has 0 bridgehead atoms. The van der Waals surface area contributed by atoms with Crippen LogP contribution >= 0.6 is 11.8 Å². The Morgan fingerprint density at radius 2 is 2.00 bits per heavy atom. The predicted molar refractivity (Wildman–Crippen MR) is 133 cm³/mol. The van der Waals surface area contributed by atoms with Crippen molar-refractivity contribution in [3.05, 3.63) is 48.4 Å². The van der Waals surface area contributed by atoms with Crippen LogP contribution in [0, 0.1) is 6.92 Å². The van der Waals surface area contributed by atoms with Gasteiger partial charge in [-0.3, -0.25) is 9.59 Å². The third-order valence-corrected chi connectivity index (χ3v) is 6.54. The summed E-state index contributed by atoms with van der Waals surface area (Å²) in [4.78, 5) is 37.1. The first-order chi connectivity index (χ1) is 17.0. The molecule has 4 aromatic rings. The van der Waals surface area contributed by atoms with E-state index < -0.39 is 11.0 Å². The molecule has 10 heteroatoms. The van der Waals surface area contributed by atoms with E-state index in [1.165, 1.54) is 6.33 Å². The molecule has 9 nitrogen and oxygen atoms in total. The number of ether oxygens (including phenoxy) is 3. The summed E-state index contributed by atoms with van der Waals surface area (Å²) >= 11 is 1.07. The fourth-order valence-electron chi connectivity index (χ4n) is 4.02. The van der Waals surface area contributed by atoms with Gasteiger partial charge < -0.3 is 24.1 Å². The largest absolute Gasteiger partial charge is 0.493 e. The van der Waals surface area contributed by atoms with E-state index in [9.17, 15) is 9.59 Å². The molecule has 2 aromatic carbocycles. The molecule has 1 aliphatic heterocycles. The summed E-state index contributed by atoms with van der Waals surface area (Å²) in [5, 5.41) is 1.35. The number of rotatable bonds is 8. The van der Waals surface area contributed by atoms with Crippen molar-refractivity contribution in [2.24, 2.45) is 0 Å². The zero-order valence-electron chi connectivity index (χ0n) is 19.4. The lowest BCUT2D eigenvalue weighted by atomic mass is 10.2. The lowest BCUT2D eigenvalue weighted by molar-refractivity contribution is -0.140. The lowest BCUT2D eigenvalue weighted by Gasteiger charge is -2.25. The van der Waals surface area contributed by atoms with E-state index >= 15 is 0 Å². The van der Waals surface area contributed by atoms with Crippen molar-refractivity contribution in [3.8, 4) is 23.1 Å². The van der Waals surface area contributed by atoms with Gasteiger partial charge in [0.15, 0.2) is 11.5 Å². The number of fused-ring (bicyclic) bond motifs is 2. The fraction of sp³-hybridized carbons (Fsp3) is 0.280. The van der Waals surface area contributed by atoms with Crippen LogP contribution in [0.1, 0.15) is 12.1 Å². The third-order valence-electron chi connectivity index (χ3n) is 5.71. The molecule has 180 valence electrons. The van der Waals surface area contributed by atoms with Gasteiger partial charge in [-0.05, 0) is 43.7 Å². The van der Waals surface area contributed by atoms with Gasteiger partial charge in [0.05, 0.1) is 24.6 Å². The molecule has 0 unspecified atom stereocenters. The number of hydrogen-bond donors (Lipinski definition) is 1. The summed E-state index contributed by atoms with van der Waals surface area (Å²) in [6.45, 7) is 3.41. The zero-order valence-corrected chi connectivity index (χ0v) is 20.2. The topological polar surface area (TPSA) is 107 Å². The molecule has 1 N–H and O–H groups in total. The van der Waals surface area contributed by atoms with E-state index in [0.717, 1.165) is 28.4 Å². The first-order valence-corrected chi connectivity index (χ1v) is 12.2. The van der Waals surface area contributed by atoms with E-state index in [0.29, 0.717) is 65.9 Å². The van der Waals surface area contributed by atoms with E-state index in [1.54, 1.807) is 24.1 Å². The molecule has 1 aliphatic rings. The first-order valence-electron chi connectivity index (χ1n) is 11.2. The standard InChI is InChI=1S/C25H24N4O5S/c1-15-10-16-11-17(4-5-19(16)28-15)34-23-18-12-21(32-2)22(13-20(18)26-14-27-23)33-8-3-6-29-7-9-35-25(31)24(29)30/h4-5,10-14,28H,3,6-9H2,1-2H3. The molecular weight excluding hydrogens is 468 g/mol. The Hall–Kier alpha value is -3.79. The Balaban J connectivity index is 1.31. The number of carbonyl (C=O) groups excluding carboxylic acids is 2. The Morgan fingerprint density at radius 1 is 1.11 bits per heavy atom. The van der Waals surface area contributed by atoms with E-state index in [4.69, 9.17) is 14.2 Å². The molecule has 1 fully saturated rings. The third kappa shape index (κ3) is 4.88. The Morgan fingerprint density at radius 3 is 2.86 bits per heavy atom. The summed E-state index contributed by atoms with van der Waals surface area (Å²) in [7, 11) is 1.57. The molecule has 0 radical (unpaired) electrons. The number of nitrogens with one attached hydrogen (secondary N) is 1. The number of thioether (sulfide) groups is 1. The van der Waals surface area contributed by atoms with Gasteiger partial charge >= 0.3 is 5.91 Å². The highest BCUT2D eigenvalue weighted by atomic mass is 32.2. The minimum absolute atomic E-state index is 0.359. The van der Waals surface area contributed by atoms with Gasteiger partial charge in [-0.2, -0.15) is 0 Å². The number of methoxy groups -OCH3 is 1. The summed E-state index contributed by atoms with van der Waals surface area (Å²) < 4.78 is 17.6. The van der Waals surface area contributed by atoms with Crippen LogP contribution < -0.4 is 14.2 Å². The van der Waals surface area contributed by atoms with Gasteiger partial charge in [0.2, 0.25) is 5.88 Å². The van der Waals surface area contributed by atoms with Crippen molar-refractivity contribution in [1.82, 2.24) is 19.9 Å². The van der Waals surface area contributed by atoms with Crippen LogP contribution in [-0.4, -0.2) is 63.4 Å². The number of hydrogen-bond acceptors (Lipinski definition) is 8. The minimum atomic E-state index is -0.431. The number of carbonyl (C=O) groups is 2. The Bertz CT molecular complexity index is 1420. The summed E-state index contributed by atoms with van der Waals surface area (Å²) in [5.74, 6) is 2.34. The normalized spacial score (nSPS) is 14.1. The van der Waals surface area contributed by atoms with Crippen LogP contribution in [0.5, 0.6) is 23.1 Å². The fourth-order valence-corrected chi connectivity index (χ4v) is 4.77. The zero-order chi connectivity index (χ0) is 24.4. The van der Waals surface area contributed by atoms with Crippen molar-refractivity contribution in [3.63, 3.8) is 0 Å². The van der Waals surface area contributed by atoms with Crippen LogP contribution in [-0.2, 0) is 9.59 Å². The number of aromatic amines is 1. The Labute approximate surface area is 205 Å². The molecule has 35 heavy (non-hydrogen) atoms. The molecule has 0 saturated carbocycles. The van der Waals surface area contributed by atoms with Gasteiger partial charge in [-0.1, -0.05) is 11.8 Å². The number of aromatic nitrogens is 3. The molecule has 3 heterocycles. The molecule has 0 aliphatic carbocycles. The molecule has 1 amide bonds. The maximum atomic E-state index is 11.9. The van der Waals surface area contributed by atoms with Crippen molar-refractivity contribution in [2.75, 3.05) is 32.6 Å². The average Bonchev–Trinajstić information content (AvgIpc) is 3.23.